The minimum absolute atomic E-state index is 0.0768. The Bertz CT molecular complexity index is 1130. The first kappa shape index (κ1) is 25.9. The Balaban J connectivity index is 1.65. The second-order valence-electron chi connectivity index (χ2n) is 9.98. The van der Waals surface area contributed by atoms with E-state index in [9.17, 15) is 29.7 Å². The van der Waals surface area contributed by atoms with Crippen LogP contribution in [0.5, 0.6) is 11.5 Å². The predicted octanol–water partition coefficient (Wildman–Crippen LogP) is 0.326. The zero-order chi connectivity index (χ0) is 26.6. The molecule has 0 saturated carbocycles. The summed E-state index contributed by atoms with van der Waals surface area (Å²) in [6, 6.07) is 1.82. The number of phenols is 1. The molecule has 0 aromatic heterocycles. The maximum Gasteiger partial charge on any atom is 0.333 e. The number of aliphatic hydroxyl groups is 2. The molecule has 1 amide bonds. The van der Waals surface area contributed by atoms with Gasteiger partial charge >= 0.3 is 11.9 Å². The van der Waals surface area contributed by atoms with Crippen LogP contribution in [-0.4, -0.2) is 86.7 Å². The summed E-state index contributed by atoms with van der Waals surface area (Å²) in [6.07, 6.45) is -1.28. The number of hydrogen-bond donors (Lipinski definition) is 5. The average Bonchev–Trinajstić information content (AvgIpc) is 3.18. The number of hydrogen-bond acceptors (Lipinski definition) is 9. The molecule has 1 spiro atoms. The van der Waals surface area contributed by atoms with Crippen LogP contribution in [0.4, 0.5) is 0 Å². The number of carbonyl (C=O) groups is 3. The van der Waals surface area contributed by atoms with Crippen LogP contribution in [0.2, 0.25) is 0 Å². The Hall–Kier alpha value is -3.15. The lowest BCUT2D eigenvalue weighted by molar-refractivity contribution is -0.163. The molecule has 36 heavy (non-hydrogen) atoms. The number of aliphatic carboxylic acids is 1. The molecule has 2 heterocycles. The van der Waals surface area contributed by atoms with Crippen molar-refractivity contribution in [3.05, 3.63) is 35.1 Å². The number of aromatic hydroxyl groups is 1. The van der Waals surface area contributed by atoms with Crippen LogP contribution < -0.4 is 10.1 Å². The van der Waals surface area contributed by atoms with Gasteiger partial charge in [-0.25, -0.2) is 4.79 Å². The molecule has 2 unspecified atom stereocenters. The SMILES string of the molecule is Cc1ccc(O)c2c1C13CCN(C)[C@H](C)[C@]1(O)CC=C(OC(=O)[C@H](C)NC(=O)[C@@H](O)CC(=O)O)C3O2. The number of nitrogens with one attached hydrogen (secondary N) is 1. The number of nitrogens with zero attached hydrogens (tertiary/aromatic N) is 1. The number of carboxylic acids is 1. The van der Waals surface area contributed by atoms with Gasteiger partial charge in [0.15, 0.2) is 17.6 Å². The highest BCUT2D eigenvalue weighted by atomic mass is 16.6. The molecule has 1 aromatic carbocycles. The number of benzene rings is 1. The molecule has 1 aromatic rings. The number of carbonyl (C=O) groups excluding carboxylic acids is 2. The lowest BCUT2D eigenvalue weighted by Gasteiger charge is -2.58. The lowest BCUT2D eigenvalue weighted by atomic mass is 9.54. The molecule has 11 nitrogen and oxygen atoms in total. The predicted molar refractivity (Wildman–Crippen MR) is 125 cm³/mol. The third kappa shape index (κ3) is 3.82. The Morgan fingerprint density at radius 3 is 2.69 bits per heavy atom. The van der Waals surface area contributed by atoms with Crippen LogP contribution in [0.3, 0.4) is 0 Å². The maximum atomic E-state index is 12.9. The fraction of sp³-hybridized carbons (Fsp3) is 0.560. The minimum atomic E-state index is -1.82. The zero-order valence-electron chi connectivity index (χ0n) is 20.6. The molecule has 4 rings (SSSR count). The highest BCUT2D eigenvalue weighted by Gasteiger charge is 2.69. The van der Waals surface area contributed by atoms with Crippen molar-refractivity contribution in [1.29, 1.82) is 0 Å². The van der Waals surface area contributed by atoms with Crippen LogP contribution >= 0.6 is 0 Å². The molecule has 0 bridgehead atoms. The normalized spacial score (nSPS) is 30.6. The molecule has 1 saturated heterocycles. The Morgan fingerprint density at radius 2 is 2.03 bits per heavy atom. The third-order valence-corrected chi connectivity index (χ3v) is 7.93. The van der Waals surface area contributed by atoms with Gasteiger partial charge in [-0.05, 0) is 58.5 Å². The summed E-state index contributed by atoms with van der Waals surface area (Å²) in [5.74, 6) is -2.89. The van der Waals surface area contributed by atoms with E-state index in [-0.39, 0.29) is 29.7 Å². The number of aryl methyl sites for hydroxylation is 1. The first-order valence-electron chi connectivity index (χ1n) is 11.9. The van der Waals surface area contributed by atoms with Gasteiger partial charge in [-0.3, -0.25) is 9.59 Å². The topological polar surface area (TPSA) is 166 Å². The molecule has 0 radical (unpaired) electrons. The van der Waals surface area contributed by atoms with Gasteiger partial charge in [-0.1, -0.05) is 6.07 Å². The van der Waals surface area contributed by atoms with Crippen LogP contribution in [0.1, 0.15) is 44.2 Å². The van der Waals surface area contributed by atoms with E-state index in [4.69, 9.17) is 14.6 Å². The van der Waals surface area contributed by atoms with Crippen LogP contribution in [-0.2, 0) is 24.5 Å². The highest BCUT2D eigenvalue weighted by molar-refractivity contribution is 5.89. The summed E-state index contributed by atoms with van der Waals surface area (Å²) in [5, 5.41) is 43.4. The number of phenolic OH excluding ortho intramolecular Hbond substituents is 1. The molecule has 11 heteroatoms. The number of rotatable bonds is 6. The molecule has 5 N–H and O–H groups in total. The largest absolute Gasteiger partial charge is 0.504 e. The van der Waals surface area contributed by atoms with Crippen molar-refractivity contribution in [2.24, 2.45) is 0 Å². The number of amides is 1. The van der Waals surface area contributed by atoms with E-state index >= 15 is 0 Å². The van der Waals surface area contributed by atoms with Gasteiger partial charge in [0.1, 0.15) is 17.9 Å². The van der Waals surface area contributed by atoms with Crippen molar-refractivity contribution < 1.29 is 44.3 Å². The quantitative estimate of drug-likeness (QED) is 0.341. The minimum Gasteiger partial charge on any atom is -0.504 e. The van der Waals surface area contributed by atoms with Crippen LogP contribution in [0, 0.1) is 6.92 Å². The zero-order valence-corrected chi connectivity index (χ0v) is 20.6. The number of carboxylic acid groups (broad SMARTS) is 1. The van der Waals surface area contributed by atoms with Gasteiger partial charge in [0.25, 0.3) is 0 Å². The fourth-order valence-corrected chi connectivity index (χ4v) is 5.84. The standard InChI is InChI=1S/C25H32N2O9/c1-12-5-6-15(28)20-19(12)24-9-10-27(4)14(3)25(24,34)8-7-17(21(24)36-20)35-23(33)13(2)26-22(32)16(29)11-18(30)31/h5-7,13-14,16,21,28-29,34H,8-11H2,1-4H3,(H,26,32)(H,30,31)/t13-,14+,16-,21?,24?,25+/m0/s1. The Morgan fingerprint density at radius 1 is 1.33 bits per heavy atom. The van der Waals surface area contributed by atoms with Crippen molar-refractivity contribution in [1.82, 2.24) is 10.2 Å². The lowest BCUT2D eigenvalue weighted by Crippen LogP contribution is -2.71. The number of esters is 1. The number of piperidine rings is 1. The Labute approximate surface area is 208 Å². The average molecular weight is 505 g/mol. The summed E-state index contributed by atoms with van der Waals surface area (Å²) in [5.41, 5.74) is -0.757. The third-order valence-electron chi connectivity index (χ3n) is 7.93. The van der Waals surface area contributed by atoms with E-state index in [0.29, 0.717) is 18.5 Å². The monoisotopic (exact) mass is 504 g/mol. The van der Waals surface area contributed by atoms with Crippen molar-refractivity contribution in [2.45, 2.75) is 75.3 Å². The van der Waals surface area contributed by atoms with Crippen molar-refractivity contribution in [3.63, 3.8) is 0 Å². The van der Waals surface area contributed by atoms with E-state index in [1.54, 1.807) is 12.1 Å². The molecule has 3 aliphatic rings. The first-order valence-corrected chi connectivity index (χ1v) is 11.9. The van der Waals surface area contributed by atoms with Crippen LogP contribution in [0.25, 0.3) is 0 Å². The van der Waals surface area contributed by atoms with E-state index in [0.717, 1.165) is 5.56 Å². The summed E-state index contributed by atoms with van der Waals surface area (Å²) in [6.45, 7) is 5.79. The molecular weight excluding hydrogens is 472 g/mol. The number of ether oxygens (including phenoxy) is 2. The van der Waals surface area contributed by atoms with Gasteiger partial charge in [0.2, 0.25) is 5.91 Å². The second-order valence-corrected chi connectivity index (χ2v) is 9.98. The molecule has 1 fully saturated rings. The molecule has 6 atom stereocenters. The Kier molecular flexibility index (Phi) is 6.52. The van der Waals surface area contributed by atoms with E-state index in [2.05, 4.69) is 10.2 Å². The van der Waals surface area contributed by atoms with Gasteiger partial charge in [0.05, 0.1) is 17.4 Å². The van der Waals surface area contributed by atoms with E-state index in [1.807, 2.05) is 20.9 Å². The first-order chi connectivity index (χ1) is 16.8. The van der Waals surface area contributed by atoms with Gasteiger partial charge in [-0.2, -0.15) is 0 Å². The van der Waals surface area contributed by atoms with Crippen molar-refractivity contribution in [2.75, 3.05) is 13.6 Å². The molecular formula is C25H32N2O9. The van der Waals surface area contributed by atoms with Gasteiger partial charge < -0.3 is 40.1 Å². The maximum absolute atomic E-state index is 12.9. The summed E-state index contributed by atoms with van der Waals surface area (Å²) in [7, 11) is 1.93. The summed E-state index contributed by atoms with van der Waals surface area (Å²) in [4.78, 5) is 37.7. The van der Waals surface area contributed by atoms with E-state index in [1.165, 1.54) is 13.0 Å². The smallest absolute Gasteiger partial charge is 0.333 e. The number of likely N-dealkylation sites (N-methyl/N-ethyl adjacent to an activating group) is 1. The number of fused-ring (bicyclic) bond motifs is 1. The highest BCUT2D eigenvalue weighted by Crippen LogP contribution is 2.62. The fourth-order valence-electron chi connectivity index (χ4n) is 5.84. The summed E-state index contributed by atoms with van der Waals surface area (Å²) >= 11 is 0. The molecule has 196 valence electrons. The van der Waals surface area contributed by atoms with E-state index < -0.39 is 53.5 Å². The van der Waals surface area contributed by atoms with Gasteiger partial charge in [-0.15, -0.1) is 0 Å². The van der Waals surface area contributed by atoms with Crippen molar-refractivity contribution in [3.8, 4) is 11.5 Å². The number of aliphatic hydroxyl groups excluding tert-OH is 1. The summed E-state index contributed by atoms with van der Waals surface area (Å²) < 4.78 is 11.9. The molecule has 1 aliphatic carbocycles. The molecule has 2 aliphatic heterocycles. The van der Waals surface area contributed by atoms with Gasteiger partial charge in [0, 0.05) is 18.0 Å². The van der Waals surface area contributed by atoms with Crippen LogP contribution in [0.15, 0.2) is 24.0 Å². The van der Waals surface area contributed by atoms with Crippen molar-refractivity contribution >= 4 is 17.8 Å². The number of likely N-dealkylation sites (tertiary alicyclic amines) is 1. The second kappa shape index (κ2) is 9.06.